The Balaban J connectivity index is 0.000000162. The molecular formula is C56H60N16O4. The Morgan fingerprint density at radius 3 is 1.34 bits per heavy atom. The number of rotatable bonds is 8. The van der Waals surface area contributed by atoms with E-state index in [4.69, 9.17) is 21.4 Å². The number of imidazole rings is 2. The maximum atomic E-state index is 12.9. The maximum Gasteiger partial charge on any atom is 0.320 e. The second-order valence-corrected chi connectivity index (χ2v) is 20.3. The predicted octanol–water partition coefficient (Wildman–Crippen LogP) is 7.88. The number of hydrogen-bond donors (Lipinski definition) is 4. The number of nitrogens with zero attached hydrogens (tertiary/aromatic N) is 12. The Morgan fingerprint density at radius 2 is 0.947 bits per heavy atom. The molecule has 76 heavy (non-hydrogen) atoms. The minimum atomic E-state index is -0.237. The van der Waals surface area contributed by atoms with Gasteiger partial charge in [-0.05, 0) is 112 Å². The van der Waals surface area contributed by atoms with Gasteiger partial charge in [-0.3, -0.25) is 18.4 Å². The molecule has 12 rings (SSSR count). The summed E-state index contributed by atoms with van der Waals surface area (Å²) in [7, 11) is 3.72. The third kappa shape index (κ3) is 9.57. The van der Waals surface area contributed by atoms with E-state index in [9.17, 15) is 19.2 Å². The van der Waals surface area contributed by atoms with Crippen LogP contribution in [0.4, 0.5) is 32.9 Å². The standard InChI is InChI=1S/2C28H30N8O2/c2*1-17-9-11-30-22(15-17)32-27(37)19-5-3-18(4-6-19)23-24-25(29)31-12-14-35(24)26(33-23)20-7-8-21-10-13-34(2)28(38)36(21)16-20/h2*3-6,9,11-12,14-15,20-21H,7-8,10,13,16H2,1-2H3,(H2,29,31)(H,30,32,37)/t2*20-,21+/m10/s1. The van der Waals surface area contributed by atoms with Crippen molar-refractivity contribution in [3.8, 4) is 22.5 Å². The van der Waals surface area contributed by atoms with E-state index < -0.39 is 0 Å². The molecule has 4 fully saturated rings. The fraction of sp³-hybridized carbons (Fsp3) is 0.321. The summed E-state index contributed by atoms with van der Waals surface area (Å²) in [5, 5.41) is 5.68. The molecule has 4 saturated heterocycles. The van der Waals surface area contributed by atoms with Crippen LogP contribution in [0.3, 0.4) is 0 Å². The second-order valence-electron chi connectivity index (χ2n) is 20.3. The molecular weight excluding hydrogens is 961 g/mol. The van der Waals surface area contributed by atoms with Crippen molar-refractivity contribution >= 4 is 58.2 Å². The molecule has 4 aliphatic rings. The van der Waals surface area contributed by atoms with Gasteiger partial charge in [-0.2, -0.15) is 0 Å². The molecule has 6 N–H and O–H groups in total. The summed E-state index contributed by atoms with van der Waals surface area (Å²) in [5.74, 6) is 3.22. The highest BCUT2D eigenvalue weighted by Gasteiger charge is 2.40. The zero-order chi connectivity index (χ0) is 52.8. The first-order valence-electron chi connectivity index (χ1n) is 25.7. The monoisotopic (exact) mass is 1020 g/mol. The zero-order valence-electron chi connectivity index (χ0n) is 42.9. The average Bonchev–Trinajstić information content (AvgIpc) is 4.05. The van der Waals surface area contributed by atoms with Crippen molar-refractivity contribution in [3.63, 3.8) is 0 Å². The van der Waals surface area contributed by atoms with E-state index >= 15 is 0 Å². The molecule has 20 nitrogen and oxygen atoms in total. The third-order valence-corrected chi connectivity index (χ3v) is 15.3. The lowest BCUT2D eigenvalue weighted by Gasteiger charge is -2.45. The number of carbonyl (C=O) groups is 4. The van der Waals surface area contributed by atoms with Gasteiger partial charge in [0, 0.05) is 124 Å². The molecule has 0 radical (unpaired) electrons. The molecule has 6 aromatic heterocycles. The number of benzene rings is 2. The van der Waals surface area contributed by atoms with Crippen LogP contribution in [0, 0.1) is 13.8 Å². The van der Waals surface area contributed by atoms with Crippen molar-refractivity contribution in [2.75, 3.05) is 62.4 Å². The highest BCUT2D eigenvalue weighted by molar-refractivity contribution is 6.05. The summed E-state index contributed by atoms with van der Waals surface area (Å²) in [6.07, 6.45) is 16.2. The van der Waals surface area contributed by atoms with Crippen molar-refractivity contribution in [2.45, 2.75) is 76.3 Å². The lowest BCUT2D eigenvalue weighted by Crippen LogP contribution is -2.56. The van der Waals surface area contributed by atoms with E-state index in [0.717, 1.165) is 96.6 Å². The van der Waals surface area contributed by atoms with Gasteiger partial charge in [0.25, 0.3) is 11.8 Å². The second kappa shape index (κ2) is 20.4. The van der Waals surface area contributed by atoms with Gasteiger partial charge in [0.05, 0.1) is 0 Å². The Hall–Kier alpha value is -8.94. The Bertz CT molecular complexity index is 3290. The largest absolute Gasteiger partial charge is 0.382 e. The maximum absolute atomic E-state index is 12.9. The first-order valence-corrected chi connectivity index (χ1v) is 25.7. The third-order valence-electron chi connectivity index (χ3n) is 15.3. The molecule has 0 bridgehead atoms. The van der Waals surface area contributed by atoms with Crippen LogP contribution in [0.1, 0.15) is 93.9 Å². The number of nitrogens with one attached hydrogen (secondary N) is 2. The van der Waals surface area contributed by atoms with Crippen LogP contribution < -0.4 is 22.1 Å². The average molecular weight is 1020 g/mol. The number of urea groups is 2. The molecule has 4 aliphatic heterocycles. The van der Waals surface area contributed by atoms with Crippen molar-refractivity contribution in [1.29, 1.82) is 0 Å². The van der Waals surface area contributed by atoms with Crippen LogP contribution in [-0.2, 0) is 0 Å². The molecule has 10 heterocycles. The van der Waals surface area contributed by atoms with Gasteiger partial charge in [-0.25, -0.2) is 39.5 Å². The summed E-state index contributed by atoms with van der Waals surface area (Å²) in [6.45, 7) is 6.76. The van der Waals surface area contributed by atoms with Crippen molar-refractivity contribution in [3.05, 3.63) is 144 Å². The van der Waals surface area contributed by atoms with E-state index in [0.29, 0.717) is 71.0 Å². The highest BCUT2D eigenvalue weighted by atomic mass is 16.2. The first-order chi connectivity index (χ1) is 36.8. The number of aromatic nitrogens is 8. The van der Waals surface area contributed by atoms with E-state index in [1.165, 1.54) is 0 Å². The number of carbonyl (C=O) groups excluding carboxylic acids is 4. The fourth-order valence-electron chi connectivity index (χ4n) is 11.2. The van der Waals surface area contributed by atoms with Crippen molar-refractivity contribution < 1.29 is 19.2 Å². The lowest BCUT2D eigenvalue weighted by molar-refractivity contribution is 0.0802. The SMILES string of the molecule is Cc1ccnc(NC(=O)c2ccc(-c3nc([C@@H]4CC[C@H]5CCN(C)C(=O)N5C4)n4ccnc(N)c34)cc2)c1.Cc1ccnc(NC(=O)c2ccc(-c3nc([C@H]4CC[C@@H]5CCN(C)C(=O)N5C4)n4ccnc(N)c34)cc2)c1. The predicted molar refractivity (Wildman–Crippen MR) is 290 cm³/mol. The van der Waals surface area contributed by atoms with Crippen LogP contribution in [0.15, 0.2) is 110 Å². The van der Waals surface area contributed by atoms with Crippen LogP contribution in [0.25, 0.3) is 33.5 Å². The molecule has 0 aliphatic carbocycles. The number of nitrogen functional groups attached to an aromatic ring is 2. The Kier molecular flexibility index (Phi) is 13.2. The number of pyridine rings is 2. The van der Waals surface area contributed by atoms with Crippen molar-refractivity contribution in [1.82, 2.24) is 58.3 Å². The van der Waals surface area contributed by atoms with Gasteiger partial charge < -0.3 is 41.7 Å². The zero-order valence-corrected chi connectivity index (χ0v) is 42.9. The van der Waals surface area contributed by atoms with E-state index in [2.05, 4.69) is 30.6 Å². The number of amides is 6. The first kappa shape index (κ1) is 49.3. The van der Waals surface area contributed by atoms with Crippen LogP contribution in [0.5, 0.6) is 0 Å². The van der Waals surface area contributed by atoms with E-state index in [1.807, 2.05) is 107 Å². The van der Waals surface area contributed by atoms with Crippen LogP contribution in [0.2, 0.25) is 0 Å². The molecule has 0 saturated carbocycles. The molecule has 6 amide bonds. The van der Waals surface area contributed by atoms with Gasteiger partial charge in [0.1, 0.15) is 57.3 Å². The van der Waals surface area contributed by atoms with Gasteiger partial charge in [0.15, 0.2) is 0 Å². The van der Waals surface area contributed by atoms with Gasteiger partial charge in [0.2, 0.25) is 0 Å². The number of anilines is 4. The van der Waals surface area contributed by atoms with E-state index in [1.54, 1.807) is 58.9 Å². The molecule has 388 valence electrons. The molecule has 4 atom stereocenters. The van der Waals surface area contributed by atoms with Crippen molar-refractivity contribution in [2.24, 2.45) is 0 Å². The summed E-state index contributed by atoms with van der Waals surface area (Å²) >= 11 is 0. The van der Waals surface area contributed by atoms with Crippen LogP contribution >= 0.6 is 0 Å². The summed E-state index contributed by atoms with van der Waals surface area (Å²) in [6, 6.07) is 22.7. The topological polar surface area (TPSA) is 244 Å². The summed E-state index contributed by atoms with van der Waals surface area (Å²) < 4.78 is 4.01. The number of hydrogen-bond acceptors (Lipinski definition) is 12. The normalized spacial score (nSPS) is 19.5. The molecule has 2 aromatic carbocycles. The molecule has 20 heteroatoms. The minimum absolute atomic E-state index is 0.0802. The molecule has 0 unspecified atom stereocenters. The fourth-order valence-corrected chi connectivity index (χ4v) is 11.2. The van der Waals surface area contributed by atoms with Gasteiger partial charge in [-0.1, -0.05) is 24.3 Å². The minimum Gasteiger partial charge on any atom is -0.382 e. The number of piperidine rings is 2. The Labute approximate surface area is 439 Å². The lowest BCUT2D eigenvalue weighted by atomic mass is 9.89. The van der Waals surface area contributed by atoms with Crippen LogP contribution in [-0.4, -0.2) is 135 Å². The summed E-state index contributed by atoms with van der Waals surface area (Å²) in [5.41, 5.74) is 20.3. The van der Waals surface area contributed by atoms with Gasteiger partial charge in [-0.15, -0.1) is 0 Å². The van der Waals surface area contributed by atoms with Gasteiger partial charge >= 0.3 is 12.1 Å². The van der Waals surface area contributed by atoms with E-state index in [-0.39, 0.29) is 35.7 Å². The number of fused-ring (bicyclic) bond motifs is 4. The molecule has 8 aromatic rings. The quantitative estimate of drug-likeness (QED) is 0.114. The highest BCUT2D eigenvalue weighted by Crippen LogP contribution is 2.39. The molecule has 0 spiro atoms. The smallest absolute Gasteiger partial charge is 0.320 e. The summed E-state index contributed by atoms with van der Waals surface area (Å²) in [4.78, 5) is 86.0. The Morgan fingerprint density at radius 1 is 0.539 bits per heavy atom. The number of aryl methyl sites for hydroxylation is 2. The number of nitrogens with two attached hydrogens (primary N) is 2.